The molecule has 0 aliphatic carbocycles. The summed E-state index contributed by atoms with van der Waals surface area (Å²) in [5.74, 6) is -0.0617. The summed E-state index contributed by atoms with van der Waals surface area (Å²) in [6.07, 6.45) is 2.33. The highest BCUT2D eigenvalue weighted by Crippen LogP contribution is 2.31. The van der Waals surface area contributed by atoms with Crippen molar-refractivity contribution in [3.63, 3.8) is 0 Å². The van der Waals surface area contributed by atoms with Crippen LogP contribution in [0.3, 0.4) is 0 Å². The molecule has 6 heteroatoms. The lowest BCUT2D eigenvalue weighted by Gasteiger charge is -2.34. The summed E-state index contributed by atoms with van der Waals surface area (Å²) in [6, 6.07) is 32.4. The van der Waals surface area contributed by atoms with Crippen LogP contribution in [0.1, 0.15) is 27.8 Å². The highest BCUT2D eigenvalue weighted by atomic mass is 16.1. The second-order valence-corrected chi connectivity index (χ2v) is 10.4. The number of hydrogen-bond donors (Lipinski definition) is 3. The Morgan fingerprint density at radius 2 is 1.38 bits per heavy atom. The maximum atomic E-state index is 12.9. The van der Waals surface area contributed by atoms with E-state index in [1.165, 1.54) is 23.0 Å². The Labute approximate surface area is 238 Å². The predicted octanol–water partition coefficient (Wildman–Crippen LogP) is 5.91. The molecule has 0 aliphatic rings. The summed E-state index contributed by atoms with van der Waals surface area (Å²) in [4.78, 5) is 17.1. The fourth-order valence-electron chi connectivity index (χ4n) is 4.81. The second kappa shape index (κ2) is 13.5. The number of aryl methyl sites for hydroxylation is 2. The lowest BCUT2D eigenvalue weighted by Crippen LogP contribution is -2.45. The van der Waals surface area contributed by atoms with E-state index >= 15 is 0 Å². The number of nitrogen functional groups attached to an aromatic ring is 1. The van der Waals surface area contributed by atoms with Crippen molar-refractivity contribution in [2.45, 2.75) is 39.3 Å². The van der Waals surface area contributed by atoms with Gasteiger partial charge in [-0.3, -0.25) is 10.2 Å². The van der Waals surface area contributed by atoms with Gasteiger partial charge in [-0.2, -0.15) is 0 Å². The van der Waals surface area contributed by atoms with Crippen LogP contribution in [-0.2, 0) is 24.2 Å². The smallest absolute Gasteiger partial charge is 0.224 e. The molecule has 4 aromatic carbocycles. The van der Waals surface area contributed by atoms with Crippen molar-refractivity contribution in [1.29, 1.82) is 5.41 Å². The van der Waals surface area contributed by atoms with E-state index in [-0.39, 0.29) is 18.4 Å². The molecular formula is C34H39N5O. The minimum Gasteiger partial charge on any atom is -0.399 e. The van der Waals surface area contributed by atoms with Gasteiger partial charge in [-0.1, -0.05) is 83.9 Å². The summed E-state index contributed by atoms with van der Waals surface area (Å²) in [5, 5.41) is 11.6. The zero-order chi connectivity index (χ0) is 28.5. The Hall–Kier alpha value is -4.58. The molecule has 0 saturated heterocycles. The number of anilines is 3. The predicted molar refractivity (Wildman–Crippen MR) is 167 cm³/mol. The molecule has 40 heavy (non-hydrogen) atoms. The largest absolute Gasteiger partial charge is 0.399 e. The third-order valence-electron chi connectivity index (χ3n) is 7.12. The van der Waals surface area contributed by atoms with Crippen LogP contribution in [0.2, 0.25) is 0 Å². The molecule has 0 saturated carbocycles. The van der Waals surface area contributed by atoms with Gasteiger partial charge in [0.1, 0.15) is 0 Å². The summed E-state index contributed by atoms with van der Waals surface area (Å²) < 4.78 is 0. The third kappa shape index (κ3) is 7.73. The lowest BCUT2D eigenvalue weighted by molar-refractivity contribution is -0.120. The van der Waals surface area contributed by atoms with Crippen LogP contribution in [0, 0.1) is 19.3 Å². The SMILES string of the molecule is Cc1ccc(CC(CNC(=O)Cc2ccc(N)cc2)N(C=N)c2ccccc2N(C)Cc2ccc(C)cc2)cc1. The standard InChI is InChI=1S/C34H39N5O/c1-25-8-12-27(13-9-25)20-31(22-37-34(40)21-28-16-18-30(36)19-17-28)39(24-35)33-7-5-4-6-32(33)38(3)23-29-14-10-26(2)11-15-29/h4-19,24,31,35H,20-23,36H2,1-3H3,(H,37,40). The highest BCUT2D eigenvalue weighted by Gasteiger charge is 2.23. The normalized spacial score (nSPS) is 11.5. The van der Waals surface area contributed by atoms with Crippen LogP contribution in [-0.4, -0.2) is 31.9 Å². The molecule has 206 valence electrons. The number of nitrogens with zero attached hydrogens (tertiary/aromatic N) is 2. The average Bonchev–Trinajstić information content (AvgIpc) is 2.96. The zero-order valence-electron chi connectivity index (χ0n) is 23.6. The molecule has 4 aromatic rings. The molecule has 1 amide bonds. The summed E-state index contributed by atoms with van der Waals surface area (Å²) >= 11 is 0. The molecule has 0 fully saturated rings. The van der Waals surface area contributed by atoms with Crippen molar-refractivity contribution in [1.82, 2.24) is 5.32 Å². The van der Waals surface area contributed by atoms with Gasteiger partial charge >= 0.3 is 0 Å². The topological polar surface area (TPSA) is 85.5 Å². The van der Waals surface area contributed by atoms with E-state index in [1.807, 2.05) is 47.4 Å². The number of nitrogens with two attached hydrogens (primary N) is 1. The monoisotopic (exact) mass is 533 g/mol. The Morgan fingerprint density at radius 3 is 1.98 bits per heavy atom. The summed E-state index contributed by atoms with van der Waals surface area (Å²) in [5.41, 5.74) is 14.1. The van der Waals surface area contributed by atoms with Crippen LogP contribution in [0.25, 0.3) is 0 Å². The molecule has 4 rings (SSSR count). The van der Waals surface area contributed by atoms with E-state index in [0.717, 1.165) is 29.0 Å². The summed E-state index contributed by atoms with van der Waals surface area (Å²) in [7, 11) is 2.07. The molecule has 4 N–H and O–H groups in total. The van der Waals surface area contributed by atoms with E-state index in [2.05, 4.69) is 85.7 Å². The number of hydrogen-bond acceptors (Lipinski definition) is 4. The van der Waals surface area contributed by atoms with Crippen molar-refractivity contribution < 1.29 is 4.79 Å². The van der Waals surface area contributed by atoms with E-state index in [0.29, 0.717) is 18.7 Å². The number of rotatable bonds is 12. The van der Waals surface area contributed by atoms with Crippen molar-refractivity contribution in [2.75, 3.05) is 29.1 Å². The zero-order valence-corrected chi connectivity index (χ0v) is 23.6. The van der Waals surface area contributed by atoms with E-state index < -0.39 is 0 Å². The molecular weight excluding hydrogens is 494 g/mol. The number of nitrogens with one attached hydrogen (secondary N) is 2. The Bertz CT molecular complexity index is 1400. The van der Waals surface area contributed by atoms with Gasteiger partial charge in [0.15, 0.2) is 0 Å². The Balaban J connectivity index is 1.57. The third-order valence-corrected chi connectivity index (χ3v) is 7.12. The Kier molecular flexibility index (Phi) is 9.57. The summed E-state index contributed by atoms with van der Waals surface area (Å²) in [6.45, 7) is 5.30. The van der Waals surface area contributed by atoms with Crippen molar-refractivity contribution in [2.24, 2.45) is 0 Å². The Morgan fingerprint density at radius 1 is 0.825 bits per heavy atom. The fraction of sp³-hybridized carbons (Fsp3) is 0.235. The number of benzene rings is 4. The van der Waals surface area contributed by atoms with Crippen molar-refractivity contribution in [3.8, 4) is 0 Å². The van der Waals surface area contributed by atoms with E-state index in [1.54, 1.807) is 0 Å². The first-order valence-corrected chi connectivity index (χ1v) is 13.6. The first-order valence-electron chi connectivity index (χ1n) is 13.6. The fourth-order valence-corrected chi connectivity index (χ4v) is 4.81. The van der Waals surface area contributed by atoms with Crippen molar-refractivity contribution in [3.05, 3.63) is 125 Å². The molecule has 0 aromatic heterocycles. The first-order chi connectivity index (χ1) is 19.3. The number of carbonyl (C=O) groups excluding carboxylic acids is 1. The molecule has 0 spiro atoms. The second-order valence-electron chi connectivity index (χ2n) is 10.4. The number of para-hydroxylation sites is 2. The van der Waals surface area contributed by atoms with E-state index in [9.17, 15) is 4.79 Å². The van der Waals surface area contributed by atoms with Gasteiger partial charge in [-0.05, 0) is 61.2 Å². The van der Waals surface area contributed by atoms with Gasteiger partial charge in [0.25, 0.3) is 0 Å². The lowest BCUT2D eigenvalue weighted by atomic mass is 10.0. The van der Waals surface area contributed by atoms with Gasteiger partial charge in [0.2, 0.25) is 5.91 Å². The van der Waals surface area contributed by atoms with Gasteiger partial charge in [0, 0.05) is 25.8 Å². The molecule has 0 bridgehead atoms. The van der Waals surface area contributed by atoms with Crippen LogP contribution in [0.4, 0.5) is 17.1 Å². The molecule has 0 radical (unpaired) electrons. The molecule has 0 heterocycles. The average molecular weight is 534 g/mol. The minimum atomic E-state index is -0.163. The number of amides is 1. The van der Waals surface area contributed by atoms with Crippen LogP contribution in [0.15, 0.2) is 97.1 Å². The van der Waals surface area contributed by atoms with Crippen LogP contribution < -0.4 is 20.9 Å². The van der Waals surface area contributed by atoms with E-state index in [4.69, 9.17) is 11.1 Å². The molecule has 1 atom stereocenters. The maximum Gasteiger partial charge on any atom is 0.224 e. The highest BCUT2D eigenvalue weighted by molar-refractivity contribution is 5.86. The van der Waals surface area contributed by atoms with Gasteiger partial charge in [0.05, 0.1) is 30.2 Å². The van der Waals surface area contributed by atoms with Crippen LogP contribution in [0.5, 0.6) is 0 Å². The van der Waals surface area contributed by atoms with Crippen molar-refractivity contribution >= 4 is 29.3 Å². The maximum absolute atomic E-state index is 12.9. The molecule has 0 aliphatic heterocycles. The minimum absolute atomic E-state index is 0.0617. The quantitative estimate of drug-likeness (QED) is 0.120. The van der Waals surface area contributed by atoms with Crippen LogP contribution >= 0.6 is 0 Å². The first kappa shape index (κ1) is 28.4. The van der Waals surface area contributed by atoms with Gasteiger partial charge < -0.3 is 20.9 Å². The van der Waals surface area contributed by atoms with Gasteiger partial charge in [-0.25, -0.2) is 0 Å². The van der Waals surface area contributed by atoms with Gasteiger partial charge in [-0.15, -0.1) is 0 Å². The molecule has 1 unspecified atom stereocenters. The number of carbonyl (C=O) groups is 1. The molecule has 6 nitrogen and oxygen atoms in total.